The quantitative estimate of drug-likeness (QED) is 0.829. The summed E-state index contributed by atoms with van der Waals surface area (Å²) in [7, 11) is 0. The van der Waals surface area contributed by atoms with E-state index in [1.807, 2.05) is 0 Å². The number of benzene rings is 2. The Balaban J connectivity index is 2.55. The van der Waals surface area contributed by atoms with Crippen molar-refractivity contribution in [1.82, 2.24) is 0 Å². The maximum absolute atomic E-state index is 13.4. The molecule has 1 N–H and O–H groups in total. The molecule has 1 nitrogen and oxygen atoms in total. The van der Waals surface area contributed by atoms with Gasteiger partial charge in [-0.05, 0) is 39.7 Å². The van der Waals surface area contributed by atoms with Crippen molar-refractivity contribution in [2.75, 3.05) is 0 Å². The smallest absolute Gasteiger partial charge is 0.131 e. The minimum atomic E-state index is -0.292. The summed E-state index contributed by atoms with van der Waals surface area (Å²) in [5.74, 6) is -0.185. The highest BCUT2D eigenvalue weighted by Crippen LogP contribution is 2.30. The number of rotatable bonds is 1. The molecular weight excluding hydrogens is 259 g/mol. The van der Waals surface area contributed by atoms with Crippen molar-refractivity contribution in [3.8, 4) is 16.9 Å². The lowest BCUT2D eigenvalue weighted by Crippen LogP contribution is -1.83. The van der Waals surface area contributed by atoms with Gasteiger partial charge in [0.15, 0.2) is 0 Å². The highest BCUT2D eigenvalue weighted by atomic mass is 79.9. The van der Waals surface area contributed by atoms with Gasteiger partial charge in [0.05, 0.1) is 4.47 Å². The first kappa shape index (κ1) is 10.2. The van der Waals surface area contributed by atoms with Crippen molar-refractivity contribution < 1.29 is 9.50 Å². The molecule has 2 aromatic rings. The Morgan fingerprint density at radius 1 is 1.07 bits per heavy atom. The second-order valence-corrected chi connectivity index (χ2v) is 4.00. The van der Waals surface area contributed by atoms with Crippen molar-refractivity contribution in [3.63, 3.8) is 0 Å². The number of phenolic OH excluding ortho intramolecular Hbond substituents is 1. The van der Waals surface area contributed by atoms with Crippen LogP contribution in [-0.4, -0.2) is 5.11 Å². The van der Waals surface area contributed by atoms with Crippen LogP contribution < -0.4 is 0 Å². The Morgan fingerprint density at radius 2 is 1.80 bits per heavy atom. The minimum absolute atomic E-state index is 0.107. The van der Waals surface area contributed by atoms with Crippen molar-refractivity contribution in [3.05, 3.63) is 52.8 Å². The third-order valence-corrected chi connectivity index (χ3v) is 2.80. The summed E-state index contributed by atoms with van der Waals surface area (Å²) in [6, 6.07) is 11.4. The van der Waals surface area contributed by atoms with Crippen LogP contribution >= 0.6 is 15.9 Å². The van der Waals surface area contributed by atoms with Crippen molar-refractivity contribution in [1.29, 1.82) is 0 Å². The van der Waals surface area contributed by atoms with Crippen LogP contribution in [-0.2, 0) is 0 Å². The van der Waals surface area contributed by atoms with Gasteiger partial charge in [0.1, 0.15) is 11.6 Å². The van der Waals surface area contributed by atoms with E-state index in [9.17, 15) is 9.50 Å². The second kappa shape index (κ2) is 4.03. The molecule has 0 atom stereocenters. The molecule has 0 heterocycles. The van der Waals surface area contributed by atoms with E-state index in [1.54, 1.807) is 30.3 Å². The normalized spacial score (nSPS) is 10.3. The monoisotopic (exact) mass is 266 g/mol. The van der Waals surface area contributed by atoms with Crippen LogP contribution in [0, 0.1) is 5.82 Å². The first-order valence-electron chi connectivity index (χ1n) is 4.42. The predicted octanol–water partition coefficient (Wildman–Crippen LogP) is 3.96. The van der Waals surface area contributed by atoms with E-state index < -0.39 is 0 Å². The van der Waals surface area contributed by atoms with E-state index in [4.69, 9.17) is 0 Å². The maximum atomic E-state index is 13.4. The molecule has 0 saturated carbocycles. The lowest BCUT2D eigenvalue weighted by molar-refractivity contribution is 0.472. The summed E-state index contributed by atoms with van der Waals surface area (Å²) < 4.78 is 14.0. The van der Waals surface area contributed by atoms with Gasteiger partial charge in [-0.15, -0.1) is 0 Å². The van der Waals surface area contributed by atoms with Crippen LogP contribution in [0.15, 0.2) is 46.9 Å². The molecule has 0 unspecified atom stereocenters. The van der Waals surface area contributed by atoms with Gasteiger partial charge in [0.2, 0.25) is 0 Å². The number of hydrogen-bond donors (Lipinski definition) is 1. The van der Waals surface area contributed by atoms with E-state index in [0.29, 0.717) is 15.6 Å². The number of phenols is 1. The Bertz CT molecular complexity index is 497. The number of aromatic hydroxyl groups is 1. The fourth-order valence-electron chi connectivity index (χ4n) is 1.38. The van der Waals surface area contributed by atoms with Crippen LogP contribution in [0.2, 0.25) is 0 Å². The van der Waals surface area contributed by atoms with Crippen LogP contribution in [0.3, 0.4) is 0 Å². The number of halogens is 2. The third kappa shape index (κ3) is 2.02. The van der Waals surface area contributed by atoms with E-state index in [2.05, 4.69) is 15.9 Å². The Labute approximate surface area is 95.3 Å². The van der Waals surface area contributed by atoms with E-state index >= 15 is 0 Å². The van der Waals surface area contributed by atoms with Gasteiger partial charge in [-0.1, -0.05) is 24.3 Å². The highest BCUT2D eigenvalue weighted by molar-refractivity contribution is 9.10. The Kier molecular flexibility index (Phi) is 2.73. The van der Waals surface area contributed by atoms with Crippen molar-refractivity contribution in [2.24, 2.45) is 0 Å². The fraction of sp³-hybridized carbons (Fsp3) is 0. The SMILES string of the molecule is Oc1cc(-c2ccccc2F)ccc1Br. The van der Waals surface area contributed by atoms with E-state index in [1.165, 1.54) is 12.1 Å². The van der Waals surface area contributed by atoms with E-state index in [0.717, 1.165) is 0 Å². The van der Waals surface area contributed by atoms with Crippen molar-refractivity contribution in [2.45, 2.75) is 0 Å². The molecule has 0 amide bonds. The van der Waals surface area contributed by atoms with Gasteiger partial charge in [-0.3, -0.25) is 0 Å². The highest BCUT2D eigenvalue weighted by Gasteiger charge is 2.05. The zero-order valence-electron chi connectivity index (χ0n) is 7.74. The molecular formula is C12H8BrFO. The third-order valence-electron chi connectivity index (χ3n) is 2.13. The summed E-state index contributed by atoms with van der Waals surface area (Å²) in [5.41, 5.74) is 1.15. The van der Waals surface area contributed by atoms with Crippen LogP contribution in [0.5, 0.6) is 5.75 Å². The second-order valence-electron chi connectivity index (χ2n) is 3.15. The molecule has 2 aromatic carbocycles. The zero-order valence-corrected chi connectivity index (χ0v) is 9.33. The minimum Gasteiger partial charge on any atom is -0.507 e. The molecule has 3 heteroatoms. The Hall–Kier alpha value is -1.35. The molecule has 0 aromatic heterocycles. The van der Waals surface area contributed by atoms with Crippen LogP contribution in [0.25, 0.3) is 11.1 Å². The lowest BCUT2D eigenvalue weighted by atomic mass is 10.1. The summed E-state index contributed by atoms with van der Waals surface area (Å²) in [6.45, 7) is 0. The zero-order chi connectivity index (χ0) is 10.8. The Morgan fingerprint density at radius 3 is 2.47 bits per heavy atom. The average Bonchev–Trinajstić information content (AvgIpc) is 2.23. The topological polar surface area (TPSA) is 20.2 Å². The average molecular weight is 267 g/mol. The van der Waals surface area contributed by atoms with Gasteiger partial charge in [-0.25, -0.2) is 4.39 Å². The standard InChI is InChI=1S/C12H8BrFO/c13-10-6-5-8(7-12(10)15)9-3-1-2-4-11(9)14/h1-7,15H. The maximum Gasteiger partial charge on any atom is 0.131 e. The summed E-state index contributed by atoms with van der Waals surface area (Å²) >= 11 is 3.18. The predicted molar refractivity (Wildman–Crippen MR) is 61.2 cm³/mol. The molecule has 0 aliphatic carbocycles. The van der Waals surface area contributed by atoms with Crippen LogP contribution in [0.1, 0.15) is 0 Å². The molecule has 0 fully saturated rings. The first-order chi connectivity index (χ1) is 7.18. The largest absolute Gasteiger partial charge is 0.507 e. The molecule has 15 heavy (non-hydrogen) atoms. The van der Waals surface area contributed by atoms with Crippen LogP contribution in [0.4, 0.5) is 4.39 Å². The first-order valence-corrected chi connectivity index (χ1v) is 5.21. The van der Waals surface area contributed by atoms with Gasteiger partial charge < -0.3 is 5.11 Å². The molecule has 0 radical (unpaired) electrons. The summed E-state index contributed by atoms with van der Waals surface area (Å²) in [4.78, 5) is 0. The molecule has 0 aliphatic rings. The molecule has 2 rings (SSSR count). The van der Waals surface area contributed by atoms with E-state index in [-0.39, 0.29) is 11.6 Å². The van der Waals surface area contributed by atoms with Gasteiger partial charge in [-0.2, -0.15) is 0 Å². The molecule has 76 valence electrons. The number of hydrogen-bond acceptors (Lipinski definition) is 1. The van der Waals surface area contributed by atoms with Gasteiger partial charge in [0.25, 0.3) is 0 Å². The van der Waals surface area contributed by atoms with Gasteiger partial charge in [0, 0.05) is 5.56 Å². The molecule has 0 saturated heterocycles. The summed E-state index contributed by atoms with van der Waals surface area (Å²) in [6.07, 6.45) is 0. The molecule has 0 bridgehead atoms. The summed E-state index contributed by atoms with van der Waals surface area (Å²) in [5, 5.41) is 9.48. The lowest BCUT2D eigenvalue weighted by Gasteiger charge is -2.04. The van der Waals surface area contributed by atoms with Crippen molar-refractivity contribution >= 4 is 15.9 Å². The molecule has 0 spiro atoms. The molecule has 0 aliphatic heterocycles. The van der Waals surface area contributed by atoms with Gasteiger partial charge >= 0.3 is 0 Å². The fourth-order valence-corrected chi connectivity index (χ4v) is 1.62.